The van der Waals surface area contributed by atoms with Gasteiger partial charge in [-0.05, 0) is 62.9 Å². The molecule has 1 saturated carbocycles. The van der Waals surface area contributed by atoms with Crippen LogP contribution in [0.4, 0.5) is 5.69 Å². The first kappa shape index (κ1) is 25.1. The number of carbonyl (C=O) groups excluding carboxylic acids is 1. The summed E-state index contributed by atoms with van der Waals surface area (Å²) in [6, 6.07) is 14.0. The summed E-state index contributed by atoms with van der Waals surface area (Å²) in [5.74, 6) is 0.991. The van der Waals surface area contributed by atoms with Crippen molar-refractivity contribution in [1.29, 1.82) is 0 Å². The van der Waals surface area contributed by atoms with Crippen LogP contribution >= 0.6 is 23.2 Å². The standard InChI is InChI=1S/C28H32Cl2N4O2/c1-19-9-12-22(13-10-19)33-15-5-6-20(17-33)28(35)34(23-7-3-2-4-8-23)18-26-31-27(32-36-26)24-14-11-21(29)16-25(24)30/h9-14,16,20,23H,2-8,15,17-18H2,1H3/t20-/m0/s1. The largest absolute Gasteiger partial charge is 0.371 e. The van der Waals surface area contributed by atoms with Crippen LogP contribution in [0.1, 0.15) is 56.4 Å². The van der Waals surface area contributed by atoms with Crippen molar-refractivity contribution < 1.29 is 9.32 Å². The Kier molecular flexibility index (Phi) is 7.82. The molecular formula is C28H32Cl2N4O2. The van der Waals surface area contributed by atoms with E-state index in [-0.39, 0.29) is 17.9 Å². The summed E-state index contributed by atoms with van der Waals surface area (Å²) >= 11 is 12.4. The maximum Gasteiger partial charge on any atom is 0.246 e. The number of nitrogens with zero attached hydrogens (tertiary/aromatic N) is 4. The Labute approximate surface area is 222 Å². The third-order valence-corrected chi connectivity index (χ3v) is 7.96. The summed E-state index contributed by atoms with van der Waals surface area (Å²) in [4.78, 5) is 22.9. The highest BCUT2D eigenvalue weighted by atomic mass is 35.5. The van der Waals surface area contributed by atoms with Gasteiger partial charge in [-0.2, -0.15) is 4.98 Å². The van der Waals surface area contributed by atoms with Crippen molar-refractivity contribution in [3.05, 3.63) is 64.0 Å². The molecule has 2 aromatic carbocycles. The number of hydrogen-bond donors (Lipinski definition) is 0. The number of halogens is 2. The lowest BCUT2D eigenvalue weighted by molar-refractivity contribution is -0.140. The van der Waals surface area contributed by atoms with Gasteiger partial charge in [0.25, 0.3) is 0 Å². The Bertz CT molecular complexity index is 1190. The molecule has 1 amide bonds. The van der Waals surface area contributed by atoms with Gasteiger partial charge < -0.3 is 14.3 Å². The van der Waals surface area contributed by atoms with E-state index >= 15 is 0 Å². The van der Waals surface area contributed by atoms with Gasteiger partial charge in [0.05, 0.1) is 10.9 Å². The number of amides is 1. The maximum atomic E-state index is 14.0. The van der Waals surface area contributed by atoms with E-state index in [9.17, 15) is 4.79 Å². The summed E-state index contributed by atoms with van der Waals surface area (Å²) in [6.07, 6.45) is 7.45. The van der Waals surface area contributed by atoms with E-state index in [0.29, 0.717) is 33.9 Å². The number of carbonyl (C=O) groups is 1. The van der Waals surface area contributed by atoms with Crippen molar-refractivity contribution >= 4 is 34.8 Å². The van der Waals surface area contributed by atoms with Gasteiger partial charge in [0.1, 0.15) is 6.54 Å². The van der Waals surface area contributed by atoms with Crippen molar-refractivity contribution in [2.45, 2.75) is 64.5 Å². The van der Waals surface area contributed by atoms with Gasteiger partial charge in [-0.25, -0.2) is 0 Å². The highest BCUT2D eigenvalue weighted by molar-refractivity contribution is 6.36. The molecule has 6 nitrogen and oxygen atoms in total. The summed E-state index contributed by atoms with van der Waals surface area (Å²) in [7, 11) is 0. The quantitative estimate of drug-likeness (QED) is 0.348. The van der Waals surface area contributed by atoms with Crippen LogP contribution in [0.15, 0.2) is 47.0 Å². The van der Waals surface area contributed by atoms with Crippen LogP contribution in [0.5, 0.6) is 0 Å². The van der Waals surface area contributed by atoms with Crippen molar-refractivity contribution in [2.24, 2.45) is 5.92 Å². The minimum absolute atomic E-state index is 0.0462. The number of aryl methyl sites for hydroxylation is 1. The van der Waals surface area contributed by atoms with E-state index in [1.165, 1.54) is 17.7 Å². The molecule has 190 valence electrons. The van der Waals surface area contributed by atoms with Crippen LogP contribution in [0.3, 0.4) is 0 Å². The summed E-state index contributed by atoms with van der Waals surface area (Å²) < 4.78 is 5.61. The Morgan fingerprint density at radius 3 is 2.58 bits per heavy atom. The van der Waals surface area contributed by atoms with E-state index < -0.39 is 0 Å². The molecule has 1 aromatic heterocycles. The first-order valence-corrected chi connectivity index (χ1v) is 13.6. The third kappa shape index (κ3) is 5.70. The molecule has 2 aliphatic rings. The molecule has 2 heterocycles. The van der Waals surface area contributed by atoms with Crippen LogP contribution in [-0.4, -0.2) is 40.1 Å². The number of aromatic nitrogens is 2. The van der Waals surface area contributed by atoms with Gasteiger partial charge >= 0.3 is 0 Å². The van der Waals surface area contributed by atoms with Crippen LogP contribution < -0.4 is 4.90 Å². The monoisotopic (exact) mass is 526 g/mol. The molecule has 3 aromatic rings. The minimum atomic E-state index is -0.0462. The smallest absolute Gasteiger partial charge is 0.246 e. The number of hydrogen-bond acceptors (Lipinski definition) is 5. The molecule has 1 aliphatic heterocycles. The lowest BCUT2D eigenvalue weighted by Gasteiger charge is -2.39. The Balaban J connectivity index is 1.35. The molecule has 1 atom stereocenters. The molecule has 0 radical (unpaired) electrons. The van der Waals surface area contributed by atoms with Gasteiger partial charge in [0, 0.05) is 35.4 Å². The van der Waals surface area contributed by atoms with Crippen molar-refractivity contribution in [2.75, 3.05) is 18.0 Å². The zero-order valence-corrected chi connectivity index (χ0v) is 22.1. The molecular weight excluding hydrogens is 495 g/mol. The van der Waals surface area contributed by atoms with Crippen molar-refractivity contribution in [3.8, 4) is 11.4 Å². The Hall–Kier alpha value is -2.57. The van der Waals surface area contributed by atoms with E-state index in [1.807, 2.05) is 4.90 Å². The number of rotatable bonds is 6. The summed E-state index contributed by atoms with van der Waals surface area (Å²) in [6.45, 7) is 4.13. The molecule has 36 heavy (non-hydrogen) atoms. The molecule has 5 rings (SSSR count). The molecule has 0 bridgehead atoms. The summed E-state index contributed by atoms with van der Waals surface area (Å²) in [5.41, 5.74) is 3.09. The minimum Gasteiger partial charge on any atom is -0.371 e. The highest BCUT2D eigenvalue weighted by Crippen LogP contribution is 2.31. The van der Waals surface area contributed by atoms with Crippen molar-refractivity contribution in [1.82, 2.24) is 15.0 Å². The molecule has 0 N–H and O–H groups in total. The second-order valence-corrected chi connectivity index (χ2v) is 10.9. The summed E-state index contributed by atoms with van der Waals surface area (Å²) in [5, 5.41) is 5.16. The number of benzene rings is 2. The predicted molar refractivity (Wildman–Crippen MR) is 143 cm³/mol. The van der Waals surface area contributed by atoms with E-state index in [0.717, 1.165) is 51.6 Å². The van der Waals surface area contributed by atoms with E-state index in [2.05, 4.69) is 46.2 Å². The molecule has 1 saturated heterocycles. The first-order valence-electron chi connectivity index (χ1n) is 12.9. The van der Waals surface area contributed by atoms with Crippen LogP contribution in [0.25, 0.3) is 11.4 Å². The first-order chi connectivity index (χ1) is 17.5. The fourth-order valence-corrected chi connectivity index (χ4v) is 5.92. The molecule has 0 unspecified atom stereocenters. The van der Waals surface area contributed by atoms with Gasteiger partial charge in [-0.15, -0.1) is 0 Å². The lowest BCUT2D eigenvalue weighted by atomic mass is 9.91. The van der Waals surface area contributed by atoms with Gasteiger partial charge in [-0.1, -0.05) is 65.3 Å². The SMILES string of the molecule is Cc1ccc(N2CCC[C@H](C(=O)N(Cc3nc(-c4ccc(Cl)cc4Cl)no3)C3CCCCC3)C2)cc1. The molecule has 0 spiro atoms. The van der Waals surface area contributed by atoms with Gasteiger partial charge in [-0.3, -0.25) is 4.79 Å². The lowest BCUT2D eigenvalue weighted by Crippen LogP contribution is -2.48. The Morgan fingerprint density at radius 2 is 1.83 bits per heavy atom. The zero-order valence-electron chi connectivity index (χ0n) is 20.6. The van der Waals surface area contributed by atoms with Crippen molar-refractivity contribution in [3.63, 3.8) is 0 Å². The third-order valence-electron chi connectivity index (χ3n) is 7.41. The molecule has 8 heteroatoms. The van der Waals surface area contributed by atoms with E-state index in [4.69, 9.17) is 27.7 Å². The van der Waals surface area contributed by atoms with Gasteiger partial charge in [0.15, 0.2) is 0 Å². The number of piperidine rings is 1. The van der Waals surface area contributed by atoms with Crippen LogP contribution in [0.2, 0.25) is 10.0 Å². The average Bonchev–Trinajstić information content (AvgIpc) is 3.36. The van der Waals surface area contributed by atoms with Crippen LogP contribution in [0, 0.1) is 12.8 Å². The Morgan fingerprint density at radius 1 is 1.06 bits per heavy atom. The molecule has 1 aliphatic carbocycles. The predicted octanol–water partition coefficient (Wildman–Crippen LogP) is 6.93. The second kappa shape index (κ2) is 11.2. The van der Waals surface area contributed by atoms with Gasteiger partial charge in [0.2, 0.25) is 17.6 Å². The fraction of sp³-hybridized carbons (Fsp3) is 0.464. The van der Waals surface area contributed by atoms with Crippen LogP contribution in [-0.2, 0) is 11.3 Å². The average molecular weight is 527 g/mol. The maximum absolute atomic E-state index is 14.0. The number of anilines is 1. The highest BCUT2D eigenvalue weighted by Gasteiger charge is 2.34. The topological polar surface area (TPSA) is 62.5 Å². The molecule has 2 fully saturated rings. The second-order valence-electron chi connectivity index (χ2n) is 10.0. The normalized spacial score (nSPS) is 18.9. The zero-order chi connectivity index (χ0) is 25.1. The fourth-order valence-electron chi connectivity index (χ4n) is 5.43. The van der Waals surface area contributed by atoms with E-state index in [1.54, 1.807) is 18.2 Å².